The number of rotatable bonds is 7. The molecule has 112 valence electrons. The molecule has 0 radical (unpaired) electrons. The summed E-state index contributed by atoms with van der Waals surface area (Å²) in [6.45, 7) is 8.01. The Labute approximate surface area is 128 Å². The van der Waals surface area contributed by atoms with Gasteiger partial charge in [0, 0.05) is 0 Å². The van der Waals surface area contributed by atoms with E-state index in [-0.39, 0.29) is 6.04 Å². The highest BCUT2D eigenvalue weighted by Crippen LogP contribution is 2.20. The van der Waals surface area contributed by atoms with Gasteiger partial charge in [-0.1, -0.05) is 50.2 Å². The summed E-state index contributed by atoms with van der Waals surface area (Å²) in [7, 11) is 0. The predicted molar refractivity (Wildman–Crippen MR) is 88.9 cm³/mol. The van der Waals surface area contributed by atoms with Crippen molar-refractivity contribution in [2.75, 3.05) is 13.2 Å². The Bertz CT molecular complexity index is 548. The van der Waals surface area contributed by atoms with Crippen LogP contribution in [0.4, 0.5) is 0 Å². The van der Waals surface area contributed by atoms with Crippen LogP contribution in [0.1, 0.15) is 36.6 Å². The lowest BCUT2D eigenvalue weighted by Gasteiger charge is -2.21. The largest absolute Gasteiger partial charge is 0.492 e. The molecule has 21 heavy (non-hydrogen) atoms. The van der Waals surface area contributed by atoms with Crippen LogP contribution in [0.3, 0.4) is 0 Å². The summed E-state index contributed by atoms with van der Waals surface area (Å²) < 4.78 is 5.97. The van der Waals surface area contributed by atoms with Crippen molar-refractivity contribution >= 4 is 0 Å². The summed E-state index contributed by atoms with van der Waals surface area (Å²) in [5.41, 5.74) is 3.95. The van der Waals surface area contributed by atoms with Crippen LogP contribution in [0, 0.1) is 6.92 Å². The van der Waals surface area contributed by atoms with E-state index in [1.165, 1.54) is 16.7 Å². The Morgan fingerprint density at radius 1 is 1.00 bits per heavy atom. The van der Waals surface area contributed by atoms with Crippen LogP contribution in [0.5, 0.6) is 5.75 Å². The van der Waals surface area contributed by atoms with Gasteiger partial charge in [-0.2, -0.15) is 0 Å². The molecule has 2 heteroatoms. The summed E-state index contributed by atoms with van der Waals surface area (Å²) in [6.07, 6.45) is 1.06. The highest BCUT2D eigenvalue weighted by molar-refractivity contribution is 5.30. The average Bonchev–Trinajstić information content (AvgIpc) is 2.53. The smallest absolute Gasteiger partial charge is 0.119 e. The van der Waals surface area contributed by atoms with Gasteiger partial charge in [-0.15, -0.1) is 0 Å². The topological polar surface area (TPSA) is 21.3 Å². The van der Waals surface area contributed by atoms with Crippen LogP contribution in [0.25, 0.3) is 0 Å². The molecule has 2 aromatic carbocycles. The highest BCUT2D eigenvalue weighted by atomic mass is 16.5. The molecule has 1 unspecified atom stereocenters. The number of likely N-dealkylation sites (N-methyl/N-ethyl adjacent to an activating group) is 1. The van der Waals surface area contributed by atoms with Gasteiger partial charge in [0.25, 0.3) is 0 Å². The second-order valence-electron chi connectivity index (χ2n) is 5.28. The maximum absolute atomic E-state index is 5.97. The van der Waals surface area contributed by atoms with Crippen molar-refractivity contribution in [3.63, 3.8) is 0 Å². The van der Waals surface area contributed by atoms with Gasteiger partial charge in [-0.05, 0) is 48.7 Å². The second kappa shape index (κ2) is 7.84. The SMILES string of the molecule is CCNC(COc1ccc(CC)cc1)c1ccccc1C. The fraction of sp³-hybridized carbons (Fsp3) is 0.368. The van der Waals surface area contributed by atoms with Gasteiger partial charge in [-0.25, -0.2) is 0 Å². The predicted octanol–water partition coefficient (Wildman–Crippen LogP) is 4.29. The minimum atomic E-state index is 0.224. The van der Waals surface area contributed by atoms with E-state index in [0.717, 1.165) is 18.7 Å². The molecule has 0 fully saturated rings. The highest BCUT2D eigenvalue weighted by Gasteiger charge is 2.13. The number of nitrogens with one attached hydrogen (secondary N) is 1. The Morgan fingerprint density at radius 3 is 2.33 bits per heavy atom. The third-order valence-corrected chi connectivity index (χ3v) is 3.76. The molecule has 0 aliphatic rings. The summed E-state index contributed by atoms with van der Waals surface area (Å²) in [6, 6.07) is 17.1. The molecule has 0 aliphatic heterocycles. The molecule has 2 nitrogen and oxygen atoms in total. The molecule has 2 rings (SSSR count). The summed E-state index contributed by atoms with van der Waals surface area (Å²) in [5.74, 6) is 0.934. The summed E-state index contributed by atoms with van der Waals surface area (Å²) in [5, 5.41) is 3.51. The Morgan fingerprint density at radius 2 is 1.71 bits per heavy atom. The molecular weight excluding hydrogens is 258 g/mol. The van der Waals surface area contributed by atoms with Crippen LogP contribution in [0.2, 0.25) is 0 Å². The zero-order chi connectivity index (χ0) is 15.1. The van der Waals surface area contributed by atoms with Crippen LogP contribution >= 0.6 is 0 Å². The maximum Gasteiger partial charge on any atom is 0.119 e. The minimum absolute atomic E-state index is 0.224. The Hall–Kier alpha value is -1.80. The number of hydrogen-bond acceptors (Lipinski definition) is 2. The van der Waals surface area contributed by atoms with Crippen molar-refractivity contribution in [3.05, 3.63) is 65.2 Å². The fourth-order valence-corrected chi connectivity index (χ4v) is 2.48. The number of ether oxygens (including phenoxy) is 1. The molecular formula is C19H25NO. The van der Waals surface area contributed by atoms with Gasteiger partial charge in [-0.3, -0.25) is 0 Å². The van der Waals surface area contributed by atoms with Crippen molar-refractivity contribution in [1.29, 1.82) is 0 Å². The first-order chi connectivity index (χ1) is 10.2. The van der Waals surface area contributed by atoms with Crippen molar-refractivity contribution in [2.24, 2.45) is 0 Å². The second-order valence-corrected chi connectivity index (χ2v) is 5.28. The molecule has 0 saturated heterocycles. The molecule has 2 aromatic rings. The standard InChI is InChI=1S/C19H25NO/c1-4-16-10-12-17(13-11-16)21-14-19(20-5-2)18-9-7-6-8-15(18)3/h6-13,19-20H,4-5,14H2,1-3H3. The number of benzene rings is 2. The Balaban J connectivity index is 2.04. The molecule has 0 bridgehead atoms. The lowest BCUT2D eigenvalue weighted by atomic mass is 10.0. The fourth-order valence-electron chi connectivity index (χ4n) is 2.48. The average molecular weight is 283 g/mol. The summed E-state index contributed by atoms with van der Waals surface area (Å²) >= 11 is 0. The van der Waals surface area contributed by atoms with E-state index in [9.17, 15) is 0 Å². The number of hydrogen-bond donors (Lipinski definition) is 1. The van der Waals surface area contributed by atoms with Gasteiger partial charge in [0.1, 0.15) is 12.4 Å². The molecule has 0 spiro atoms. The molecule has 1 atom stereocenters. The van der Waals surface area contributed by atoms with E-state index >= 15 is 0 Å². The van der Waals surface area contributed by atoms with E-state index in [2.05, 4.69) is 74.6 Å². The van der Waals surface area contributed by atoms with Crippen molar-refractivity contribution in [2.45, 2.75) is 33.2 Å². The van der Waals surface area contributed by atoms with E-state index < -0.39 is 0 Å². The van der Waals surface area contributed by atoms with Crippen molar-refractivity contribution < 1.29 is 4.74 Å². The van der Waals surface area contributed by atoms with Crippen molar-refractivity contribution in [3.8, 4) is 5.75 Å². The molecule has 0 amide bonds. The van der Waals surface area contributed by atoms with Gasteiger partial charge in [0.2, 0.25) is 0 Å². The van der Waals surface area contributed by atoms with E-state index in [1.807, 2.05) is 0 Å². The Kier molecular flexibility index (Phi) is 5.82. The van der Waals surface area contributed by atoms with E-state index in [0.29, 0.717) is 6.61 Å². The first-order valence-electron chi connectivity index (χ1n) is 7.75. The van der Waals surface area contributed by atoms with Crippen LogP contribution in [0.15, 0.2) is 48.5 Å². The first kappa shape index (κ1) is 15.6. The first-order valence-corrected chi connectivity index (χ1v) is 7.75. The zero-order valence-corrected chi connectivity index (χ0v) is 13.2. The van der Waals surface area contributed by atoms with E-state index in [4.69, 9.17) is 4.74 Å². The third kappa shape index (κ3) is 4.33. The third-order valence-electron chi connectivity index (χ3n) is 3.76. The summed E-state index contributed by atoms with van der Waals surface area (Å²) in [4.78, 5) is 0. The van der Waals surface area contributed by atoms with Crippen molar-refractivity contribution in [1.82, 2.24) is 5.32 Å². The van der Waals surface area contributed by atoms with E-state index in [1.54, 1.807) is 0 Å². The number of aryl methyl sites for hydroxylation is 2. The molecule has 0 aliphatic carbocycles. The normalized spacial score (nSPS) is 12.1. The van der Waals surface area contributed by atoms with Gasteiger partial charge in [0.15, 0.2) is 0 Å². The van der Waals surface area contributed by atoms with Crippen LogP contribution < -0.4 is 10.1 Å². The quantitative estimate of drug-likeness (QED) is 0.818. The zero-order valence-electron chi connectivity index (χ0n) is 13.2. The molecule has 0 heterocycles. The van der Waals surface area contributed by atoms with Crippen LogP contribution in [-0.4, -0.2) is 13.2 Å². The van der Waals surface area contributed by atoms with Gasteiger partial charge in [0.05, 0.1) is 6.04 Å². The lowest BCUT2D eigenvalue weighted by Crippen LogP contribution is -2.27. The molecule has 1 N–H and O–H groups in total. The maximum atomic E-state index is 5.97. The molecule has 0 aromatic heterocycles. The lowest BCUT2D eigenvalue weighted by molar-refractivity contribution is 0.267. The van der Waals surface area contributed by atoms with Gasteiger partial charge < -0.3 is 10.1 Å². The monoisotopic (exact) mass is 283 g/mol. The minimum Gasteiger partial charge on any atom is -0.492 e. The molecule has 0 saturated carbocycles. The van der Waals surface area contributed by atoms with Gasteiger partial charge >= 0.3 is 0 Å². The van der Waals surface area contributed by atoms with Crippen LogP contribution in [-0.2, 0) is 6.42 Å².